The zero-order valence-electron chi connectivity index (χ0n) is 10.1. The fourth-order valence-corrected chi connectivity index (χ4v) is 3.29. The van der Waals surface area contributed by atoms with Crippen molar-refractivity contribution < 1.29 is 0 Å². The molecule has 0 saturated heterocycles. The topological polar surface area (TPSA) is 23.8 Å². The summed E-state index contributed by atoms with van der Waals surface area (Å²) in [6.45, 7) is 3.90. The highest BCUT2D eigenvalue weighted by molar-refractivity contribution is 5.04. The standard InChI is InChI=1S/C15H22N/c1-2-12-3-7-14(8-4-12)15-9-5-13(11-16)6-10-15/h2,12-13,15H,1,3-10H2. The molecule has 16 heavy (non-hydrogen) atoms. The summed E-state index contributed by atoms with van der Waals surface area (Å²) in [5.74, 6) is 3.76. The van der Waals surface area contributed by atoms with E-state index in [0.717, 1.165) is 24.7 Å². The van der Waals surface area contributed by atoms with Crippen molar-refractivity contribution in [3.8, 4) is 6.07 Å². The lowest BCUT2D eigenvalue weighted by atomic mass is 9.69. The van der Waals surface area contributed by atoms with Crippen LogP contribution in [0, 0.1) is 35.0 Å². The van der Waals surface area contributed by atoms with Crippen LogP contribution < -0.4 is 0 Å². The summed E-state index contributed by atoms with van der Waals surface area (Å²) in [7, 11) is 0. The van der Waals surface area contributed by atoms with Gasteiger partial charge in [0, 0.05) is 5.92 Å². The predicted molar refractivity (Wildman–Crippen MR) is 66.5 cm³/mol. The van der Waals surface area contributed by atoms with Gasteiger partial charge in [-0.1, -0.05) is 6.08 Å². The third-order valence-electron chi connectivity index (χ3n) is 4.49. The molecule has 0 aromatic carbocycles. The van der Waals surface area contributed by atoms with Crippen molar-refractivity contribution in [2.75, 3.05) is 0 Å². The highest BCUT2D eigenvalue weighted by Crippen LogP contribution is 2.42. The molecule has 0 atom stereocenters. The minimum atomic E-state index is 0.348. The van der Waals surface area contributed by atoms with E-state index in [0.29, 0.717) is 5.92 Å². The normalized spacial score (nSPS) is 33.2. The minimum Gasteiger partial charge on any atom is -0.198 e. The summed E-state index contributed by atoms with van der Waals surface area (Å²) in [5, 5.41) is 8.89. The first-order valence-corrected chi connectivity index (χ1v) is 6.70. The molecule has 0 aliphatic heterocycles. The summed E-state index contributed by atoms with van der Waals surface area (Å²) in [4.78, 5) is 0. The Kier molecular flexibility index (Phi) is 4.04. The lowest BCUT2D eigenvalue weighted by Crippen LogP contribution is -2.23. The van der Waals surface area contributed by atoms with E-state index in [1.165, 1.54) is 38.5 Å². The first-order valence-electron chi connectivity index (χ1n) is 6.70. The van der Waals surface area contributed by atoms with Crippen molar-refractivity contribution >= 4 is 0 Å². The van der Waals surface area contributed by atoms with Crippen LogP contribution in [0.2, 0.25) is 0 Å². The Morgan fingerprint density at radius 3 is 2.19 bits per heavy atom. The Hall–Kier alpha value is -0.770. The fourth-order valence-electron chi connectivity index (χ4n) is 3.29. The molecule has 0 aromatic rings. The molecule has 0 bridgehead atoms. The zero-order chi connectivity index (χ0) is 11.4. The third-order valence-corrected chi connectivity index (χ3v) is 4.49. The fraction of sp³-hybridized carbons (Fsp3) is 0.733. The van der Waals surface area contributed by atoms with Gasteiger partial charge >= 0.3 is 0 Å². The van der Waals surface area contributed by atoms with Gasteiger partial charge in [0.05, 0.1) is 6.07 Å². The van der Waals surface area contributed by atoms with Crippen LogP contribution in [0.25, 0.3) is 0 Å². The van der Waals surface area contributed by atoms with Crippen LogP contribution in [0.3, 0.4) is 0 Å². The summed E-state index contributed by atoms with van der Waals surface area (Å²) in [6, 6.07) is 2.42. The Morgan fingerprint density at radius 1 is 1.06 bits per heavy atom. The molecular weight excluding hydrogens is 194 g/mol. The summed E-state index contributed by atoms with van der Waals surface area (Å²) < 4.78 is 0. The first-order chi connectivity index (χ1) is 7.83. The molecule has 0 amide bonds. The molecule has 0 unspecified atom stereocenters. The van der Waals surface area contributed by atoms with Gasteiger partial charge in [0.15, 0.2) is 0 Å². The molecule has 1 radical (unpaired) electrons. The first kappa shape index (κ1) is 11.7. The molecule has 2 fully saturated rings. The van der Waals surface area contributed by atoms with Gasteiger partial charge in [0.1, 0.15) is 0 Å². The van der Waals surface area contributed by atoms with Crippen LogP contribution in [-0.2, 0) is 0 Å². The molecule has 2 aliphatic rings. The van der Waals surface area contributed by atoms with Crippen LogP contribution in [0.4, 0.5) is 0 Å². The summed E-state index contributed by atoms with van der Waals surface area (Å²) >= 11 is 0. The van der Waals surface area contributed by atoms with Crippen molar-refractivity contribution in [2.24, 2.45) is 17.8 Å². The van der Waals surface area contributed by atoms with Crippen molar-refractivity contribution in [1.29, 1.82) is 5.26 Å². The van der Waals surface area contributed by atoms with Crippen LogP contribution in [0.1, 0.15) is 51.4 Å². The molecule has 1 heteroatoms. The highest BCUT2D eigenvalue weighted by atomic mass is 14.4. The van der Waals surface area contributed by atoms with Crippen LogP contribution in [0.15, 0.2) is 12.7 Å². The average Bonchev–Trinajstić information content (AvgIpc) is 2.39. The number of hydrogen-bond acceptors (Lipinski definition) is 1. The predicted octanol–water partition coefficient (Wildman–Crippen LogP) is 4.27. The molecule has 1 nitrogen and oxygen atoms in total. The third kappa shape index (κ3) is 2.67. The largest absolute Gasteiger partial charge is 0.198 e. The Morgan fingerprint density at radius 2 is 1.69 bits per heavy atom. The Balaban J connectivity index is 1.78. The van der Waals surface area contributed by atoms with Gasteiger partial charge in [-0.2, -0.15) is 5.26 Å². The zero-order valence-corrected chi connectivity index (χ0v) is 10.1. The second kappa shape index (κ2) is 5.53. The van der Waals surface area contributed by atoms with E-state index in [9.17, 15) is 0 Å². The number of nitriles is 1. The quantitative estimate of drug-likeness (QED) is 0.632. The maximum Gasteiger partial charge on any atom is 0.0655 e. The number of allylic oxidation sites excluding steroid dienone is 1. The highest BCUT2D eigenvalue weighted by Gasteiger charge is 2.30. The van der Waals surface area contributed by atoms with Gasteiger partial charge in [0.25, 0.3) is 0 Å². The monoisotopic (exact) mass is 216 g/mol. The van der Waals surface area contributed by atoms with Gasteiger partial charge in [-0.05, 0) is 69.1 Å². The maximum atomic E-state index is 8.89. The molecule has 87 valence electrons. The van der Waals surface area contributed by atoms with E-state index in [4.69, 9.17) is 5.26 Å². The summed E-state index contributed by atoms with van der Waals surface area (Å²) in [6.07, 6.45) is 12.2. The van der Waals surface area contributed by atoms with Gasteiger partial charge in [-0.3, -0.25) is 0 Å². The molecule has 0 heterocycles. The second-order valence-electron chi connectivity index (χ2n) is 5.41. The van der Waals surface area contributed by atoms with E-state index in [1.54, 1.807) is 5.92 Å². The maximum absolute atomic E-state index is 8.89. The Labute approximate surface area is 99.5 Å². The average molecular weight is 216 g/mol. The lowest BCUT2D eigenvalue weighted by molar-refractivity contribution is 0.279. The van der Waals surface area contributed by atoms with Gasteiger partial charge in [-0.25, -0.2) is 0 Å². The Bertz CT molecular complexity index is 260. The van der Waals surface area contributed by atoms with Crippen molar-refractivity contribution in [3.63, 3.8) is 0 Å². The smallest absolute Gasteiger partial charge is 0.0655 e. The van der Waals surface area contributed by atoms with Crippen molar-refractivity contribution in [1.82, 2.24) is 0 Å². The van der Waals surface area contributed by atoms with Crippen LogP contribution >= 0.6 is 0 Å². The van der Waals surface area contributed by atoms with Crippen molar-refractivity contribution in [3.05, 3.63) is 18.6 Å². The van der Waals surface area contributed by atoms with Crippen molar-refractivity contribution in [2.45, 2.75) is 51.4 Å². The number of nitrogens with zero attached hydrogens (tertiary/aromatic N) is 1. The van der Waals surface area contributed by atoms with Gasteiger partial charge < -0.3 is 0 Å². The van der Waals surface area contributed by atoms with E-state index in [-0.39, 0.29) is 0 Å². The second-order valence-corrected chi connectivity index (χ2v) is 5.41. The molecule has 2 rings (SSSR count). The minimum absolute atomic E-state index is 0.348. The molecule has 2 saturated carbocycles. The molecule has 0 aromatic heterocycles. The van der Waals surface area contributed by atoms with Gasteiger partial charge in [0.2, 0.25) is 0 Å². The SMILES string of the molecule is C=CC1CC[C](C2CCC(C#N)CC2)CC1. The summed E-state index contributed by atoms with van der Waals surface area (Å²) in [5.41, 5.74) is 0. The van der Waals surface area contributed by atoms with Gasteiger partial charge in [-0.15, -0.1) is 6.58 Å². The van der Waals surface area contributed by atoms with E-state index < -0.39 is 0 Å². The number of hydrogen-bond donors (Lipinski definition) is 0. The van der Waals surface area contributed by atoms with E-state index >= 15 is 0 Å². The molecule has 2 aliphatic carbocycles. The van der Waals surface area contributed by atoms with Crippen LogP contribution in [0.5, 0.6) is 0 Å². The van der Waals surface area contributed by atoms with E-state index in [1.807, 2.05) is 0 Å². The van der Waals surface area contributed by atoms with Crippen LogP contribution in [-0.4, -0.2) is 0 Å². The lowest BCUT2D eigenvalue weighted by Gasteiger charge is -2.35. The molecule has 0 N–H and O–H groups in total. The molecule has 0 spiro atoms. The number of rotatable bonds is 2. The van der Waals surface area contributed by atoms with E-state index in [2.05, 4.69) is 18.7 Å². The molecular formula is C15H22N.